The maximum Gasteiger partial charge on any atom is 0.236 e. The Morgan fingerprint density at radius 3 is 2.67 bits per heavy atom. The molecule has 1 unspecified atom stereocenters. The maximum atomic E-state index is 11.7. The Balaban J connectivity index is 2.00. The number of carbonyl (C=O) groups is 1. The third-order valence-electron chi connectivity index (χ3n) is 3.56. The van der Waals surface area contributed by atoms with Crippen LogP contribution in [0.25, 0.3) is 0 Å². The minimum absolute atomic E-state index is 0.0840. The van der Waals surface area contributed by atoms with E-state index in [-0.39, 0.29) is 11.9 Å². The summed E-state index contributed by atoms with van der Waals surface area (Å²) in [5.74, 6) is 0.125. The molecule has 1 fully saturated rings. The first-order valence-electron chi connectivity index (χ1n) is 7.36. The summed E-state index contributed by atoms with van der Waals surface area (Å²) >= 11 is 0. The van der Waals surface area contributed by atoms with E-state index in [0.29, 0.717) is 0 Å². The Hall–Kier alpha value is -0.610. The zero-order valence-electron chi connectivity index (χ0n) is 12.2. The first-order valence-corrected chi connectivity index (χ1v) is 7.36. The van der Waals surface area contributed by atoms with Crippen LogP contribution in [-0.2, 0) is 4.79 Å². The van der Waals surface area contributed by atoms with Gasteiger partial charge >= 0.3 is 0 Å². The number of hydrogen-bond acceptors (Lipinski definition) is 3. The lowest BCUT2D eigenvalue weighted by atomic mass is 10.2. The standard InChI is InChI=1S/C14H29N3O/c1-4-5-6-9-16-14(18)12(2)15-10-11-17(3)13-7-8-13/h12-13,15H,4-11H2,1-3H3,(H,16,18). The number of hydrogen-bond donors (Lipinski definition) is 2. The fourth-order valence-corrected chi connectivity index (χ4v) is 1.99. The van der Waals surface area contributed by atoms with E-state index in [9.17, 15) is 4.79 Å². The van der Waals surface area contributed by atoms with Gasteiger partial charge in [0.2, 0.25) is 5.91 Å². The van der Waals surface area contributed by atoms with Gasteiger partial charge in [0.25, 0.3) is 0 Å². The minimum atomic E-state index is -0.0840. The molecule has 2 N–H and O–H groups in total. The molecule has 1 aliphatic rings. The van der Waals surface area contributed by atoms with Gasteiger partial charge in [-0.15, -0.1) is 0 Å². The zero-order valence-corrected chi connectivity index (χ0v) is 12.2. The van der Waals surface area contributed by atoms with Crippen molar-refractivity contribution in [2.24, 2.45) is 0 Å². The molecule has 106 valence electrons. The van der Waals surface area contributed by atoms with E-state index >= 15 is 0 Å². The Labute approximate surface area is 111 Å². The summed E-state index contributed by atoms with van der Waals surface area (Å²) in [6.07, 6.45) is 6.14. The molecule has 4 nitrogen and oxygen atoms in total. The molecule has 4 heteroatoms. The topological polar surface area (TPSA) is 44.4 Å². The van der Waals surface area contributed by atoms with Crippen LogP contribution in [0.5, 0.6) is 0 Å². The zero-order chi connectivity index (χ0) is 13.4. The summed E-state index contributed by atoms with van der Waals surface area (Å²) in [4.78, 5) is 14.1. The lowest BCUT2D eigenvalue weighted by Crippen LogP contribution is -2.44. The molecular weight excluding hydrogens is 226 g/mol. The van der Waals surface area contributed by atoms with E-state index in [0.717, 1.165) is 32.1 Å². The second kappa shape index (κ2) is 8.48. The van der Waals surface area contributed by atoms with Crippen LogP contribution in [0.3, 0.4) is 0 Å². The lowest BCUT2D eigenvalue weighted by molar-refractivity contribution is -0.122. The molecule has 18 heavy (non-hydrogen) atoms. The predicted molar refractivity (Wildman–Crippen MR) is 75.7 cm³/mol. The van der Waals surface area contributed by atoms with Gasteiger partial charge in [0, 0.05) is 25.7 Å². The second-order valence-electron chi connectivity index (χ2n) is 5.39. The summed E-state index contributed by atoms with van der Waals surface area (Å²) in [7, 11) is 2.16. The Bertz CT molecular complexity index is 241. The molecule has 0 aromatic carbocycles. The molecular formula is C14H29N3O. The fraction of sp³-hybridized carbons (Fsp3) is 0.929. The van der Waals surface area contributed by atoms with Gasteiger partial charge in [-0.25, -0.2) is 0 Å². The molecule has 0 saturated heterocycles. The van der Waals surface area contributed by atoms with Crippen molar-refractivity contribution in [3.8, 4) is 0 Å². The number of unbranched alkanes of at least 4 members (excludes halogenated alkanes) is 2. The molecule has 0 aromatic rings. The average Bonchev–Trinajstić information content (AvgIpc) is 3.18. The average molecular weight is 255 g/mol. The van der Waals surface area contributed by atoms with Gasteiger partial charge < -0.3 is 15.5 Å². The molecule has 1 amide bonds. The summed E-state index contributed by atoms with van der Waals surface area (Å²) in [5.41, 5.74) is 0. The van der Waals surface area contributed by atoms with E-state index in [1.165, 1.54) is 25.7 Å². The normalized spacial score (nSPS) is 16.9. The van der Waals surface area contributed by atoms with E-state index in [2.05, 4.69) is 29.5 Å². The van der Waals surface area contributed by atoms with Gasteiger partial charge in [0.15, 0.2) is 0 Å². The Kier molecular flexibility index (Phi) is 7.28. The van der Waals surface area contributed by atoms with Gasteiger partial charge in [-0.3, -0.25) is 4.79 Å². The van der Waals surface area contributed by atoms with Crippen molar-refractivity contribution < 1.29 is 4.79 Å². The largest absolute Gasteiger partial charge is 0.355 e. The summed E-state index contributed by atoms with van der Waals surface area (Å²) in [5, 5.41) is 6.26. The molecule has 0 radical (unpaired) electrons. The van der Waals surface area contributed by atoms with Gasteiger partial charge in [0.1, 0.15) is 0 Å². The van der Waals surface area contributed by atoms with Crippen LogP contribution >= 0.6 is 0 Å². The van der Waals surface area contributed by atoms with Crippen LogP contribution in [0.2, 0.25) is 0 Å². The van der Waals surface area contributed by atoms with Gasteiger partial charge in [-0.1, -0.05) is 19.8 Å². The van der Waals surface area contributed by atoms with Crippen LogP contribution in [0, 0.1) is 0 Å². The van der Waals surface area contributed by atoms with E-state index in [1.54, 1.807) is 0 Å². The highest BCUT2D eigenvalue weighted by Gasteiger charge is 2.25. The van der Waals surface area contributed by atoms with Gasteiger partial charge in [0.05, 0.1) is 6.04 Å². The van der Waals surface area contributed by atoms with Crippen molar-refractivity contribution >= 4 is 5.91 Å². The van der Waals surface area contributed by atoms with Crippen molar-refractivity contribution in [1.82, 2.24) is 15.5 Å². The number of amides is 1. The minimum Gasteiger partial charge on any atom is -0.355 e. The molecule has 1 atom stereocenters. The Morgan fingerprint density at radius 2 is 2.06 bits per heavy atom. The van der Waals surface area contributed by atoms with E-state index < -0.39 is 0 Å². The van der Waals surface area contributed by atoms with Crippen molar-refractivity contribution in [2.45, 2.75) is 58.0 Å². The first-order chi connectivity index (χ1) is 8.65. The number of nitrogens with zero attached hydrogens (tertiary/aromatic N) is 1. The molecule has 1 saturated carbocycles. The van der Waals surface area contributed by atoms with Crippen molar-refractivity contribution in [3.05, 3.63) is 0 Å². The van der Waals surface area contributed by atoms with E-state index in [1.807, 2.05) is 6.92 Å². The number of carbonyl (C=O) groups excluding carboxylic acids is 1. The van der Waals surface area contributed by atoms with Gasteiger partial charge in [-0.2, -0.15) is 0 Å². The molecule has 0 bridgehead atoms. The van der Waals surface area contributed by atoms with Gasteiger partial charge in [-0.05, 0) is 33.2 Å². The fourth-order valence-electron chi connectivity index (χ4n) is 1.99. The number of rotatable bonds is 10. The highest BCUT2D eigenvalue weighted by atomic mass is 16.2. The second-order valence-corrected chi connectivity index (χ2v) is 5.39. The monoisotopic (exact) mass is 255 g/mol. The predicted octanol–water partition coefficient (Wildman–Crippen LogP) is 1.37. The molecule has 1 aliphatic carbocycles. The van der Waals surface area contributed by atoms with Crippen LogP contribution in [-0.4, -0.2) is 49.6 Å². The van der Waals surface area contributed by atoms with Crippen molar-refractivity contribution in [1.29, 1.82) is 0 Å². The van der Waals surface area contributed by atoms with E-state index in [4.69, 9.17) is 0 Å². The summed E-state index contributed by atoms with van der Waals surface area (Å²) in [6, 6.07) is 0.712. The quantitative estimate of drug-likeness (QED) is 0.579. The molecule has 1 rings (SSSR count). The third-order valence-corrected chi connectivity index (χ3v) is 3.56. The number of nitrogens with one attached hydrogen (secondary N) is 2. The highest BCUT2D eigenvalue weighted by Crippen LogP contribution is 2.24. The molecule has 0 aromatic heterocycles. The summed E-state index contributed by atoms with van der Waals surface area (Å²) in [6.45, 7) is 6.82. The SMILES string of the molecule is CCCCCNC(=O)C(C)NCCN(C)C1CC1. The lowest BCUT2D eigenvalue weighted by Gasteiger charge is -2.18. The number of likely N-dealkylation sites (N-methyl/N-ethyl adjacent to an activating group) is 1. The van der Waals surface area contributed by atoms with Crippen LogP contribution in [0.15, 0.2) is 0 Å². The van der Waals surface area contributed by atoms with Crippen molar-refractivity contribution in [3.63, 3.8) is 0 Å². The van der Waals surface area contributed by atoms with Crippen LogP contribution in [0.1, 0.15) is 46.0 Å². The highest BCUT2D eigenvalue weighted by molar-refractivity contribution is 5.81. The molecule has 0 aliphatic heterocycles. The van der Waals surface area contributed by atoms with Crippen molar-refractivity contribution in [2.75, 3.05) is 26.7 Å². The first kappa shape index (κ1) is 15.4. The van der Waals surface area contributed by atoms with Crippen LogP contribution in [0.4, 0.5) is 0 Å². The molecule has 0 heterocycles. The summed E-state index contributed by atoms with van der Waals surface area (Å²) < 4.78 is 0. The molecule has 0 spiro atoms. The Morgan fingerprint density at radius 1 is 1.33 bits per heavy atom. The maximum absolute atomic E-state index is 11.7. The third kappa shape index (κ3) is 6.36. The van der Waals surface area contributed by atoms with Crippen LogP contribution < -0.4 is 10.6 Å². The smallest absolute Gasteiger partial charge is 0.236 e.